The van der Waals surface area contributed by atoms with Crippen molar-refractivity contribution in [1.29, 1.82) is 0 Å². The third-order valence-corrected chi connectivity index (χ3v) is 2.97. The summed E-state index contributed by atoms with van der Waals surface area (Å²) in [5, 5.41) is 0. The van der Waals surface area contributed by atoms with Crippen LogP contribution < -0.4 is 5.73 Å². The molecule has 2 unspecified atom stereocenters. The average Bonchev–Trinajstić information content (AvgIpc) is 2.34. The molecule has 1 aromatic rings. The van der Waals surface area contributed by atoms with Crippen molar-refractivity contribution in [2.24, 2.45) is 17.6 Å². The topological polar surface area (TPSA) is 35.2 Å². The summed E-state index contributed by atoms with van der Waals surface area (Å²) < 4.78 is 5.60. The zero-order chi connectivity index (χ0) is 12.7. The summed E-state index contributed by atoms with van der Waals surface area (Å²) in [4.78, 5) is 0. The first-order valence-electron chi connectivity index (χ1n) is 6.49. The summed E-state index contributed by atoms with van der Waals surface area (Å²) in [6.07, 6.45) is 1.02. The van der Waals surface area contributed by atoms with E-state index in [-0.39, 0.29) is 6.04 Å². The van der Waals surface area contributed by atoms with Crippen molar-refractivity contribution in [3.63, 3.8) is 0 Å². The van der Waals surface area contributed by atoms with E-state index in [4.69, 9.17) is 10.5 Å². The average molecular weight is 235 g/mol. The predicted molar refractivity (Wildman–Crippen MR) is 72.8 cm³/mol. The molecule has 2 nitrogen and oxygen atoms in total. The molecule has 17 heavy (non-hydrogen) atoms. The number of benzene rings is 1. The minimum Gasteiger partial charge on any atom is -0.381 e. The molecule has 0 aliphatic rings. The summed E-state index contributed by atoms with van der Waals surface area (Å²) in [6, 6.07) is 10.4. The van der Waals surface area contributed by atoms with Crippen LogP contribution in [0, 0.1) is 11.8 Å². The SMILES string of the molecule is CC(C)COCCC(C)C(N)c1ccccc1. The van der Waals surface area contributed by atoms with Crippen molar-refractivity contribution in [3.05, 3.63) is 35.9 Å². The molecule has 0 saturated carbocycles. The Morgan fingerprint density at radius 3 is 2.35 bits per heavy atom. The minimum absolute atomic E-state index is 0.110. The fraction of sp³-hybridized carbons (Fsp3) is 0.600. The van der Waals surface area contributed by atoms with Gasteiger partial charge in [-0.1, -0.05) is 51.1 Å². The zero-order valence-corrected chi connectivity index (χ0v) is 11.2. The van der Waals surface area contributed by atoms with E-state index in [1.165, 1.54) is 5.56 Å². The third kappa shape index (κ3) is 5.33. The van der Waals surface area contributed by atoms with Crippen molar-refractivity contribution in [1.82, 2.24) is 0 Å². The Morgan fingerprint density at radius 2 is 1.76 bits per heavy atom. The molecule has 0 saturated heterocycles. The van der Waals surface area contributed by atoms with Crippen LogP contribution in [0.4, 0.5) is 0 Å². The molecule has 1 aromatic carbocycles. The molecule has 0 amide bonds. The highest BCUT2D eigenvalue weighted by Crippen LogP contribution is 2.21. The largest absolute Gasteiger partial charge is 0.381 e. The molecule has 0 heterocycles. The second-order valence-electron chi connectivity index (χ2n) is 5.17. The first-order valence-corrected chi connectivity index (χ1v) is 6.49. The van der Waals surface area contributed by atoms with Gasteiger partial charge >= 0.3 is 0 Å². The van der Waals surface area contributed by atoms with E-state index in [9.17, 15) is 0 Å². The van der Waals surface area contributed by atoms with Gasteiger partial charge < -0.3 is 10.5 Å². The standard InChI is InChI=1S/C15H25NO/c1-12(2)11-17-10-9-13(3)15(16)14-7-5-4-6-8-14/h4-8,12-13,15H,9-11,16H2,1-3H3. The Hall–Kier alpha value is -0.860. The molecule has 0 fully saturated rings. The second kappa shape index (κ2) is 7.46. The van der Waals surface area contributed by atoms with Crippen molar-refractivity contribution in [2.75, 3.05) is 13.2 Å². The maximum atomic E-state index is 6.22. The van der Waals surface area contributed by atoms with Crippen LogP contribution in [-0.2, 0) is 4.74 Å². The van der Waals surface area contributed by atoms with Gasteiger partial charge in [-0.25, -0.2) is 0 Å². The Morgan fingerprint density at radius 1 is 1.12 bits per heavy atom. The van der Waals surface area contributed by atoms with Crippen molar-refractivity contribution >= 4 is 0 Å². The highest BCUT2D eigenvalue weighted by atomic mass is 16.5. The van der Waals surface area contributed by atoms with Crippen LogP contribution in [0.15, 0.2) is 30.3 Å². The van der Waals surface area contributed by atoms with E-state index in [0.29, 0.717) is 11.8 Å². The van der Waals surface area contributed by atoms with Crippen LogP contribution in [0.1, 0.15) is 38.8 Å². The van der Waals surface area contributed by atoms with E-state index in [0.717, 1.165) is 19.6 Å². The number of ether oxygens (including phenoxy) is 1. The zero-order valence-electron chi connectivity index (χ0n) is 11.2. The monoisotopic (exact) mass is 235 g/mol. The Balaban J connectivity index is 2.30. The van der Waals surface area contributed by atoms with Crippen molar-refractivity contribution < 1.29 is 4.74 Å². The molecular weight excluding hydrogens is 210 g/mol. The summed E-state index contributed by atoms with van der Waals surface area (Å²) >= 11 is 0. The number of hydrogen-bond acceptors (Lipinski definition) is 2. The summed E-state index contributed by atoms with van der Waals surface area (Å²) in [5.74, 6) is 1.05. The van der Waals surface area contributed by atoms with Gasteiger partial charge in [0.2, 0.25) is 0 Å². The first kappa shape index (κ1) is 14.2. The van der Waals surface area contributed by atoms with Crippen LogP contribution >= 0.6 is 0 Å². The fourth-order valence-corrected chi connectivity index (χ4v) is 1.77. The number of nitrogens with two attached hydrogens (primary N) is 1. The van der Waals surface area contributed by atoms with E-state index in [1.807, 2.05) is 18.2 Å². The molecule has 96 valence electrons. The van der Waals surface area contributed by atoms with Gasteiger partial charge in [0.25, 0.3) is 0 Å². The Bertz CT molecular complexity index is 297. The van der Waals surface area contributed by atoms with Crippen molar-refractivity contribution in [2.45, 2.75) is 33.2 Å². The second-order valence-corrected chi connectivity index (χ2v) is 5.17. The van der Waals surface area contributed by atoms with Gasteiger partial charge in [0.1, 0.15) is 0 Å². The highest BCUT2D eigenvalue weighted by Gasteiger charge is 2.14. The van der Waals surface area contributed by atoms with Gasteiger partial charge in [-0.15, -0.1) is 0 Å². The lowest BCUT2D eigenvalue weighted by molar-refractivity contribution is 0.0968. The maximum absolute atomic E-state index is 6.22. The lowest BCUT2D eigenvalue weighted by Gasteiger charge is -2.20. The molecule has 0 bridgehead atoms. The third-order valence-electron chi connectivity index (χ3n) is 2.97. The number of rotatable bonds is 7. The smallest absolute Gasteiger partial charge is 0.0488 e. The first-order chi connectivity index (χ1) is 8.11. The highest BCUT2D eigenvalue weighted by molar-refractivity contribution is 5.18. The summed E-state index contributed by atoms with van der Waals surface area (Å²) in [7, 11) is 0. The molecule has 0 radical (unpaired) electrons. The lowest BCUT2D eigenvalue weighted by Crippen LogP contribution is -2.20. The molecule has 2 heteroatoms. The van der Waals surface area contributed by atoms with Gasteiger partial charge in [-0.2, -0.15) is 0 Å². The number of hydrogen-bond donors (Lipinski definition) is 1. The summed E-state index contributed by atoms with van der Waals surface area (Å²) in [5.41, 5.74) is 7.44. The molecule has 0 aliphatic heterocycles. The van der Waals surface area contributed by atoms with Crippen LogP contribution in [0.3, 0.4) is 0 Å². The lowest BCUT2D eigenvalue weighted by atomic mass is 9.93. The van der Waals surface area contributed by atoms with Gasteiger partial charge in [0, 0.05) is 19.3 Å². The van der Waals surface area contributed by atoms with Crippen LogP contribution in [0.5, 0.6) is 0 Å². The Kier molecular flexibility index (Phi) is 6.23. The van der Waals surface area contributed by atoms with E-state index in [2.05, 4.69) is 32.9 Å². The van der Waals surface area contributed by atoms with Crippen LogP contribution in [0.25, 0.3) is 0 Å². The van der Waals surface area contributed by atoms with Gasteiger partial charge in [-0.05, 0) is 23.8 Å². The fourth-order valence-electron chi connectivity index (χ4n) is 1.77. The molecular formula is C15H25NO. The van der Waals surface area contributed by atoms with E-state index < -0.39 is 0 Å². The van der Waals surface area contributed by atoms with Crippen molar-refractivity contribution in [3.8, 4) is 0 Å². The Labute approximate surface area is 105 Å². The van der Waals surface area contributed by atoms with Crippen LogP contribution in [0.2, 0.25) is 0 Å². The van der Waals surface area contributed by atoms with Gasteiger partial charge in [-0.3, -0.25) is 0 Å². The molecule has 0 spiro atoms. The predicted octanol–water partition coefficient (Wildman–Crippen LogP) is 3.39. The molecule has 2 N–H and O–H groups in total. The molecule has 0 aromatic heterocycles. The quantitative estimate of drug-likeness (QED) is 0.735. The maximum Gasteiger partial charge on any atom is 0.0488 e. The summed E-state index contributed by atoms with van der Waals surface area (Å²) in [6.45, 7) is 8.17. The molecule has 1 rings (SSSR count). The van der Waals surface area contributed by atoms with E-state index >= 15 is 0 Å². The normalized spacial score (nSPS) is 14.9. The van der Waals surface area contributed by atoms with Gasteiger partial charge in [0.05, 0.1) is 0 Å². The van der Waals surface area contributed by atoms with Crippen LogP contribution in [-0.4, -0.2) is 13.2 Å². The van der Waals surface area contributed by atoms with E-state index in [1.54, 1.807) is 0 Å². The molecule has 0 aliphatic carbocycles. The minimum atomic E-state index is 0.110. The molecule has 2 atom stereocenters. The van der Waals surface area contributed by atoms with Gasteiger partial charge in [0.15, 0.2) is 0 Å².